The Labute approximate surface area is 120 Å². The topological polar surface area (TPSA) is 44.0 Å². The Bertz CT molecular complexity index is 644. The number of aryl methyl sites for hydroxylation is 3. The van der Waals surface area contributed by atoms with Gasteiger partial charge in [-0.1, -0.05) is 29.8 Å². The molecule has 2 rings (SSSR count). The van der Waals surface area contributed by atoms with Crippen LogP contribution in [0.1, 0.15) is 39.5 Å². The Morgan fingerprint density at radius 3 is 2.35 bits per heavy atom. The van der Waals surface area contributed by atoms with E-state index in [-0.39, 0.29) is 0 Å². The van der Waals surface area contributed by atoms with Gasteiger partial charge in [-0.25, -0.2) is 0 Å². The van der Waals surface area contributed by atoms with Crippen LogP contribution < -0.4 is 0 Å². The van der Waals surface area contributed by atoms with Crippen LogP contribution in [0.3, 0.4) is 0 Å². The van der Waals surface area contributed by atoms with Gasteiger partial charge in [0.1, 0.15) is 0 Å². The number of hydrogen-bond acceptors (Lipinski definition) is 2. The molecule has 20 heavy (non-hydrogen) atoms. The number of nitrogens with zero attached hydrogens (tertiary/aromatic N) is 1. The lowest BCUT2D eigenvalue weighted by Gasteiger charge is -2.16. The highest BCUT2D eigenvalue weighted by Gasteiger charge is 2.13. The van der Waals surface area contributed by atoms with Crippen molar-refractivity contribution in [1.82, 2.24) is 0 Å². The number of aliphatic hydroxyl groups excluding tert-OH is 1. The first-order valence-corrected chi connectivity index (χ1v) is 6.76. The van der Waals surface area contributed by atoms with Crippen molar-refractivity contribution in [3.05, 3.63) is 69.8 Å². The minimum absolute atomic E-state index is 0.576. The third-order valence-electron chi connectivity index (χ3n) is 3.64. The molecule has 0 radical (unpaired) electrons. The molecule has 2 heteroatoms. The van der Waals surface area contributed by atoms with Crippen LogP contribution in [-0.2, 0) is 6.42 Å². The van der Waals surface area contributed by atoms with Crippen molar-refractivity contribution in [2.45, 2.75) is 33.3 Å². The van der Waals surface area contributed by atoms with Crippen molar-refractivity contribution in [2.75, 3.05) is 0 Å². The molecule has 1 unspecified atom stereocenters. The maximum Gasteiger partial charge on any atom is 0.0991 e. The summed E-state index contributed by atoms with van der Waals surface area (Å²) in [6, 6.07) is 13.6. The molecule has 2 aromatic carbocycles. The van der Waals surface area contributed by atoms with Crippen LogP contribution in [0.15, 0.2) is 36.4 Å². The minimum atomic E-state index is -0.580. The summed E-state index contributed by atoms with van der Waals surface area (Å²) in [5.41, 5.74) is 6.22. The van der Waals surface area contributed by atoms with Crippen molar-refractivity contribution < 1.29 is 5.11 Å². The SMILES string of the molecule is Cc1cc(C)c(CC(O)c2cccc(C#N)c2)c(C)c1. The van der Waals surface area contributed by atoms with Gasteiger partial charge in [0.2, 0.25) is 0 Å². The molecule has 1 atom stereocenters. The first-order valence-electron chi connectivity index (χ1n) is 6.76. The largest absolute Gasteiger partial charge is 0.388 e. The van der Waals surface area contributed by atoms with E-state index in [1.807, 2.05) is 12.1 Å². The average molecular weight is 265 g/mol. The second kappa shape index (κ2) is 5.90. The van der Waals surface area contributed by atoms with E-state index in [0.29, 0.717) is 12.0 Å². The van der Waals surface area contributed by atoms with Gasteiger partial charge in [0, 0.05) is 6.42 Å². The zero-order valence-corrected chi connectivity index (χ0v) is 12.1. The van der Waals surface area contributed by atoms with Crippen LogP contribution in [0, 0.1) is 32.1 Å². The van der Waals surface area contributed by atoms with E-state index in [1.165, 1.54) is 22.3 Å². The van der Waals surface area contributed by atoms with Gasteiger partial charge in [-0.3, -0.25) is 0 Å². The third kappa shape index (κ3) is 3.07. The van der Waals surface area contributed by atoms with E-state index >= 15 is 0 Å². The minimum Gasteiger partial charge on any atom is -0.388 e. The molecule has 0 aliphatic heterocycles. The van der Waals surface area contributed by atoms with Gasteiger partial charge < -0.3 is 5.11 Å². The fourth-order valence-electron chi connectivity index (χ4n) is 2.66. The lowest BCUT2D eigenvalue weighted by molar-refractivity contribution is 0.178. The number of benzene rings is 2. The fraction of sp³-hybridized carbons (Fsp3) is 0.278. The second-order valence-electron chi connectivity index (χ2n) is 5.33. The maximum absolute atomic E-state index is 10.4. The van der Waals surface area contributed by atoms with E-state index < -0.39 is 6.10 Å². The summed E-state index contributed by atoms with van der Waals surface area (Å²) < 4.78 is 0. The molecule has 2 nitrogen and oxygen atoms in total. The first-order chi connectivity index (χ1) is 9.51. The Hall–Kier alpha value is -2.11. The number of nitriles is 1. The lowest BCUT2D eigenvalue weighted by atomic mass is 9.92. The van der Waals surface area contributed by atoms with Gasteiger partial charge in [0.05, 0.1) is 17.7 Å². The summed E-state index contributed by atoms with van der Waals surface area (Å²) in [6.07, 6.45) is -0.00396. The molecule has 0 saturated heterocycles. The van der Waals surface area contributed by atoms with Crippen LogP contribution in [0.4, 0.5) is 0 Å². The molecule has 0 heterocycles. The highest BCUT2D eigenvalue weighted by molar-refractivity contribution is 5.39. The molecule has 2 aromatic rings. The van der Waals surface area contributed by atoms with Crippen LogP contribution in [0.2, 0.25) is 0 Å². The Balaban J connectivity index is 2.28. The Morgan fingerprint density at radius 1 is 1.10 bits per heavy atom. The van der Waals surface area contributed by atoms with E-state index in [9.17, 15) is 5.11 Å². The van der Waals surface area contributed by atoms with Crippen LogP contribution in [0.5, 0.6) is 0 Å². The molecule has 0 aliphatic carbocycles. The maximum atomic E-state index is 10.4. The van der Waals surface area contributed by atoms with Crippen LogP contribution in [0.25, 0.3) is 0 Å². The fourth-order valence-corrected chi connectivity index (χ4v) is 2.66. The predicted octanol–water partition coefficient (Wildman–Crippen LogP) is 3.76. The third-order valence-corrected chi connectivity index (χ3v) is 3.64. The summed E-state index contributed by atoms with van der Waals surface area (Å²) in [5, 5.41) is 19.3. The molecule has 0 aliphatic rings. The highest BCUT2D eigenvalue weighted by Crippen LogP contribution is 2.24. The molecule has 0 spiro atoms. The second-order valence-corrected chi connectivity index (χ2v) is 5.33. The number of hydrogen-bond donors (Lipinski definition) is 1. The van der Waals surface area contributed by atoms with Crippen molar-refractivity contribution in [1.29, 1.82) is 5.26 Å². The number of aliphatic hydroxyl groups is 1. The lowest BCUT2D eigenvalue weighted by Crippen LogP contribution is -2.05. The van der Waals surface area contributed by atoms with Gasteiger partial charge in [-0.05, 0) is 55.2 Å². The van der Waals surface area contributed by atoms with Gasteiger partial charge >= 0.3 is 0 Å². The van der Waals surface area contributed by atoms with E-state index in [2.05, 4.69) is 39.0 Å². The van der Waals surface area contributed by atoms with Crippen molar-refractivity contribution in [2.24, 2.45) is 0 Å². The summed E-state index contributed by atoms with van der Waals surface area (Å²) >= 11 is 0. The van der Waals surface area contributed by atoms with Crippen LogP contribution in [-0.4, -0.2) is 5.11 Å². The molecule has 0 aromatic heterocycles. The molecular formula is C18H19NO. The van der Waals surface area contributed by atoms with E-state index in [4.69, 9.17) is 5.26 Å². The van der Waals surface area contributed by atoms with Crippen LogP contribution >= 0.6 is 0 Å². The normalized spacial score (nSPS) is 11.9. The van der Waals surface area contributed by atoms with Gasteiger partial charge in [0.15, 0.2) is 0 Å². The number of rotatable bonds is 3. The molecule has 102 valence electrons. The average Bonchev–Trinajstić information content (AvgIpc) is 2.42. The monoisotopic (exact) mass is 265 g/mol. The summed E-state index contributed by atoms with van der Waals surface area (Å²) in [4.78, 5) is 0. The Morgan fingerprint density at radius 2 is 1.75 bits per heavy atom. The molecule has 0 amide bonds. The zero-order chi connectivity index (χ0) is 14.7. The smallest absolute Gasteiger partial charge is 0.0991 e. The van der Waals surface area contributed by atoms with Crippen molar-refractivity contribution in [3.8, 4) is 6.07 Å². The Kier molecular flexibility index (Phi) is 4.22. The molecule has 0 saturated carbocycles. The van der Waals surface area contributed by atoms with E-state index in [1.54, 1.807) is 12.1 Å². The van der Waals surface area contributed by atoms with Crippen molar-refractivity contribution >= 4 is 0 Å². The molecule has 0 bridgehead atoms. The van der Waals surface area contributed by atoms with Gasteiger partial charge in [0.25, 0.3) is 0 Å². The van der Waals surface area contributed by atoms with Gasteiger partial charge in [-0.15, -0.1) is 0 Å². The molecule has 0 fully saturated rings. The standard InChI is InChI=1S/C18H19NO/c1-12-7-13(2)17(14(3)8-12)10-18(20)16-6-4-5-15(9-16)11-19/h4-9,18,20H,10H2,1-3H3. The van der Waals surface area contributed by atoms with E-state index in [0.717, 1.165) is 5.56 Å². The first kappa shape index (κ1) is 14.3. The highest BCUT2D eigenvalue weighted by atomic mass is 16.3. The summed E-state index contributed by atoms with van der Waals surface area (Å²) in [7, 11) is 0. The zero-order valence-electron chi connectivity index (χ0n) is 12.1. The molecule has 1 N–H and O–H groups in total. The quantitative estimate of drug-likeness (QED) is 0.918. The summed E-state index contributed by atoms with van der Waals surface area (Å²) in [6.45, 7) is 6.23. The van der Waals surface area contributed by atoms with Crippen molar-refractivity contribution in [3.63, 3.8) is 0 Å². The predicted molar refractivity (Wildman–Crippen MR) is 80.5 cm³/mol. The van der Waals surface area contributed by atoms with Gasteiger partial charge in [-0.2, -0.15) is 5.26 Å². The summed E-state index contributed by atoms with van der Waals surface area (Å²) in [5.74, 6) is 0. The molecular weight excluding hydrogens is 246 g/mol.